The maximum absolute atomic E-state index is 11.5. The number of ether oxygens (including phenoxy) is 11. The smallest absolute Gasteiger partial charge is 0.224 e. The lowest BCUT2D eigenvalue weighted by Gasteiger charge is -2.45. The first-order valence-electron chi connectivity index (χ1n) is 21.0. The molecule has 6 rings (SSSR count). The number of hydrogen-bond donors (Lipinski definition) is 20. The molecular formula is C36H62O31. The van der Waals surface area contributed by atoms with Crippen molar-refractivity contribution in [1.82, 2.24) is 0 Å². The van der Waals surface area contributed by atoms with E-state index in [1.807, 2.05) is 0 Å². The van der Waals surface area contributed by atoms with Crippen LogP contribution < -0.4 is 0 Å². The molecule has 6 heterocycles. The van der Waals surface area contributed by atoms with Gasteiger partial charge in [0.2, 0.25) is 28.9 Å². The molecule has 25 unspecified atom stereocenters. The molecule has 0 aromatic carbocycles. The Bertz CT molecular complexity index is 1590. The normalized spacial score (nSPS) is 52.5. The second-order valence-corrected chi connectivity index (χ2v) is 17.1. The van der Waals surface area contributed by atoms with Crippen LogP contribution in [0.2, 0.25) is 0 Å². The second kappa shape index (κ2) is 21.5. The summed E-state index contributed by atoms with van der Waals surface area (Å²) in [6, 6.07) is 0. The standard InChI is InChI=1S/C36H62O31/c37-1-12-18(44)24(50)25(51)31(61-12)67-36(30(56)23(49)17(6-42)66-36)11-60-35(29(55)22(48)16(5-41)65-35)10-59-34(28(54)21(47)15(4-40)64-34)9-58-33(27(53)20(46)14(3-39)63-33)8-57-32(7-43)26(52)19(45)13(2-38)62-32/h12-31,37-56H,1-11H2. The van der Waals surface area contributed by atoms with Crippen molar-refractivity contribution in [2.24, 2.45) is 0 Å². The van der Waals surface area contributed by atoms with E-state index >= 15 is 0 Å². The molecule has 6 fully saturated rings. The van der Waals surface area contributed by atoms with Gasteiger partial charge in [-0.05, 0) is 0 Å². The monoisotopic (exact) mass is 990 g/mol. The van der Waals surface area contributed by atoms with Crippen molar-refractivity contribution >= 4 is 0 Å². The Labute approximate surface area is 378 Å². The highest BCUT2D eigenvalue weighted by Gasteiger charge is 2.66. The fraction of sp³-hybridized carbons (Fsp3) is 1.00. The lowest BCUT2D eigenvalue weighted by molar-refractivity contribution is -0.407. The summed E-state index contributed by atoms with van der Waals surface area (Å²) in [7, 11) is 0. The molecule has 31 heteroatoms. The fourth-order valence-electron chi connectivity index (χ4n) is 8.66. The Kier molecular flexibility index (Phi) is 17.6. The molecular weight excluding hydrogens is 928 g/mol. The van der Waals surface area contributed by atoms with Gasteiger partial charge >= 0.3 is 0 Å². The van der Waals surface area contributed by atoms with Crippen LogP contribution in [0.3, 0.4) is 0 Å². The van der Waals surface area contributed by atoms with E-state index in [-0.39, 0.29) is 0 Å². The van der Waals surface area contributed by atoms with E-state index in [9.17, 15) is 102 Å². The molecule has 0 saturated carbocycles. The zero-order chi connectivity index (χ0) is 49.6. The Balaban J connectivity index is 1.33. The topological polar surface area (TPSA) is 506 Å². The lowest BCUT2D eigenvalue weighted by Crippen LogP contribution is -2.64. The number of rotatable bonds is 21. The van der Waals surface area contributed by atoms with Gasteiger partial charge in [-0.1, -0.05) is 0 Å². The van der Waals surface area contributed by atoms with Gasteiger partial charge in [0.05, 0.1) is 39.6 Å². The van der Waals surface area contributed by atoms with Crippen molar-refractivity contribution in [1.29, 1.82) is 0 Å². The largest absolute Gasteiger partial charge is 0.394 e. The molecule has 6 aliphatic rings. The zero-order valence-electron chi connectivity index (χ0n) is 35.3. The molecule has 0 aromatic rings. The maximum atomic E-state index is 11.5. The van der Waals surface area contributed by atoms with Gasteiger partial charge in [0.25, 0.3) is 0 Å². The summed E-state index contributed by atoms with van der Waals surface area (Å²) in [6.07, 6.45) is -39.7. The summed E-state index contributed by atoms with van der Waals surface area (Å²) in [5.41, 5.74) is 0. The Morgan fingerprint density at radius 1 is 0.299 bits per heavy atom. The van der Waals surface area contributed by atoms with E-state index in [1.165, 1.54) is 0 Å². The van der Waals surface area contributed by atoms with Gasteiger partial charge in [0.15, 0.2) is 6.29 Å². The third-order valence-corrected chi connectivity index (χ3v) is 12.9. The summed E-state index contributed by atoms with van der Waals surface area (Å²) in [6.45, 7) is -12.4. The van der Waals surface area contributed by atoms with Gasteiger partial charge in [-0.2, -0.15) is 0 Å². The average molecular weight is 991 g/mol. The lowest BCUT2D eigenvalue weighted by atomic mass is 9.99. The van der Waals surface area contributed by atoms with Crippen molar-refractivity contribution in [2.45, 2.75) is 151 Å². The molecule has 6 saturated heterocycles. The maximum Gasteiger partial charge on any atom is 0.224 e. The van der Waals surface area contributed by atoms with Crippen molar-refractivity contribution < 1.29 is 154 Å². The van der Waals surface area contributed by atoms with Crippen LogP contribution in [0.5, 0.6) is 0 Å². The zero-order valence-corrected chi connectivity index (χ0v) is 35.3. The van der Waals surface area contributed by atoms with Crippen LogP contribution in [0.1, 0.15) is 0 Å². The van der Waals surface area contributed by atoms with Gasteiger partial charge in [-0.3, -0.25) is 0 Å². The van der Waals surface area contributed by atoms with Gasteiger partial charge in [-0.25, -0.2) is 0 Å². The Hall–Kier alpha value is -1.24. The Morgan fingerprint density at radius 3 is 0.881 bits per heavy atom. The summed E-state index contributed by atoms with van der Waals surface area (Å²) in [5.74, 6) is -14.0. The van der Waals surface area contributed by atoms with Crippen LogP contribution in [0.25, 0.3) is 0 Å². The second-order valence-electron chi connectivity index (χ2n) is 17.1. The summed E-state index contributed by atoms with van der Waals surface area (Å²) in [4.78, 5) is 0. The summed E-state index contributed by atoms with van der Waals surface area (Å²) >= 11 is 0. The number of hydrogen-bond acceptors (Lipinski definition) is 31. The average Bonchev–Trinajstić information content (AvgIpc) is 4.00. The third kappa shape index (κ3) is 9.75. The van der Waals surface area contributed by atoms with Crippen LogP contribution in [-0.4, -0.2) is 326 Å². The van der Waals surface area contributed by atoms with Gasteiger partial charge in [0.1, 0.15) is 149 Å². The predicted octanol–water partition coefficient (Wildman–Crippen LogP) is -14.1. The molecule has 6 aliphatic heterocycles. The molecule has 0 spiro atoms. The molecule has 31 nitrogen and oxygen atoms in total. The minimum Gasteiger partial charge on any atom is -0.394 e. The summed E-state index contributed by atoms with van der Waals surface area (Å²) in [5, 5.41) is 211. The molecule has 0 radical (unpaired) electrons. The highest BCUT2D eigenvalue weighted by molar-refractivity contribution is 5.05. The fourth-order valence-corrected chi connectivity index (χ4v) is 8.66. The first-order valence-corrected chi connectivity index (χ1v) is 21.0. The first-order chi connectivity index (χ1) is 31.6. The van der Waals surface area contributed by atoms with Crippen molar-refractivity contribution in [3.05, 3.63) is 0 Å². The highest BCUT2D eigenvalue weighted by Crippen LogP contribution is 2.44. The van der Waals surface area contributed by atoms with Crippen LogP contribution in [-0.2, 0) is 52.1 Å². The molecule has 392 valence electrons. The molecule has 0 aromatic heterocycles. The van der Waals surface area contributed by atoms with Crippen molar-refractivity contribution in [3.63, 3.8) is 0 Å². The minimum absolute atomic E-state index is 0.885. The predicted molar refractivity (Wildman–Crippen MR) is 199 cm³/mol. The van der Waals surface area contributed by atoms with E-state index in [2.05, 4.69) is 0 Å². The van der Waals surface area contributed by atoms with Gasteiger partial charge < -0.3 is 154 Å². The summed E-state index contributed by atoms with van der Waals surface area (Å²) < 4.78 is 62.6. The quantitative estimate of drug-likeness (QED) is 0.0508. The van der Waals surface area contributed by atoms with E-state index < -0.39 is 224 Å². The third-order valence-electron chi connectivity index (χ3n) is 12.9. The van der Waals surface area contributed by atoms with Crippen molar-refractivity contribution in [3.8, 4) is 0 Å². The Morgan fingerprint density at radius 2 is 0.567 bits per heavy atom. The van der Waals surface area contributed by atoms with Crippen LogP contribution in [0.15, 0.2) is 0 Å². The molecule has 0 amide bonds. The highest BCUT2D eigenvalue weighted by atomic mass is 16.8. The van der Waals surface area contributed by atoms with Crippen LogP contribution in [0, 0.1) is 0 Å². The van der Waals surface area contributed by atoms with Gasteiger partial charge in [-0.15, -0.1) is 0 Å². The van der Waals surface area contributed by atoms with Crippen LogP contribution >= 0.6 is 0 Å². The molecule has 20 N–H and O–H groups in total. The molecule has 0 bridgehead atoms. The van der Waals surface area contributed by atoms with E-state index in [0.29, 0.717) is 0 Å². The molecule has 0 aliphatic carbocycles. The van der Waals surface area contributed by atoms with E-state index in [0.717, 1.165) is 0 Å². The van der Waals surface area contributed by atoms with E-state index in [4.69, 9.17) is 52.1 Å². The van der Waals surface area contributed by atoms with Crippen LogP contribution in [0.4, 0.5) is 0 Å². The number of aliphatic hydroxyl groups excluding tert-OH is 20. The minimum atomic E-state index is -2.90. The number of aliphatic hydroxyl groups is 20. The molecule has 25 atom stereocenters. The van der Waals surface area contributed by atoms with E-state index in [1.54, 1.807) is 0 Å². The first kappa shape index (κ1) is 55.1. The SMILES string of the molecule is OCC1OC(OC2(COC3(COC4(COC5(COC6(CO)OC(CO)C(O)C6O)OC(CO)C(O)C5O)OC(CO)C(O)C4O)OC(CO)C(O)C3O)OC(CO)C(O)C2O)C(O)C(O)C1O. The van der Waals surface area contributed by atoms with Gasteiger partial charge in [0, 0.05) is 0 Å². The molecule has 67 heavy (non-hydrogen) atoms. The van der Waals surface area contributed by atoms with Crippen molar-refractivity contribution in [2.75, 3.05) is 72.7 Å².